The molecule has 0 N–H and O–H groups in total. The van der Waals surface area contributed by atoms with Gasteiger partial charge in [0.2, 0.25) is 0 Å². The van der Waals surface area contributed by atoms with Gasteiger partial charge in [-0.3, -0.25) is 0 Å². The van der Waals surface area contributed by atoms with Crippen molar-refractivity contribution in [1.29, 1.82) is 0 Å². The minimum absolute atomic E-state index is 1.12. The highest BCUT2D eigenvalue weighted by molar-refractivity contribution is 6.33. The van der Waals surface area contributed by atoms with Crippen molar-refractivity contribution in [3.8, 4) is 44.5 Å². The van der Waals surface area contributed by atoms with Crippen LogP contribution in [0.4, 0.5) is 0 Å². The molecule has 0 aliphatic carbocycles. The van der Waals surface area contributed by atoms with Crippen molar-refractivity contribution in [2.45, 2.75) is 0 Å². The smallest absolute Gasteiger partial charge is 0.00134 e. The van der Waals surface area contributed by atoms with Gasteiger partial charge >= 0.3 is 0 Å². The molecule has 0 saturated heterocycles. The van der Waals surface area contributed by atoms with E-state index in [4.69, 9.17) is 0 Å². The van der Waals surface area contributed by atoms with Gasteiger partial charge in [-0.15, -0.1) is 0 Å². The zero-order valence-electron chi connectivity index (χ0n) is 66.3. The molecule has 0 heteroatoms. The highest BCUT2D eigenvalue weighted by Gasteiger charge is 2.27. The molecule has 0 radical (unpaired) electrons. The standard InChI is InChI=1S/C120H82/c1-13-38-87(39-14-1)111(88-40-15-2-16-41-88)115(95-54-29-9-30-55-95)99-72-64-83(65-73-99)105-81-109-107(85-68-76-101(77-69-85)117(97-58-33-11-34-59-97)113(91-46-21-5-22-47-91)92-48-23-6-24-49-92)80-108(86-70-78-102(79-71-86)118(98-60-35-12-36-61-98)114(93-50-25-7-26-51-93)94-52-27-8-28-53-94)110-82-106(104-63-37-62-103(105)119(104)120(109)110)84-66-74-100(75-67-84)116(96-56-31-10-32-57-96)112(89-42-17-3-18-43-89)90-44-19-4-20-45-90/h1-82H. The largest absolute Gasteiger partial charge is 0.0622 e. The zero-order chi connectivity index (χ0) is 79.9. The minimum atomic E-state index is 1.12. The van der Waals surface area contributed by atoms with Gasteiger partial charge in [0, 0.05) is 0 Å². The van der Waals surface area contributed by atoms with Gasteiger partial charge in [0.25, 0.3) is 0 Å². The number of hydrogen-bond acceptors (Lipinski definition) is 0. The molecule has 0 atom stereocenters. The van der Waals surface area contributed by atoms with Gasteiger partial charge < -0.3 is 0 Å². The molecule has 0 nitrogen and oxygen atoms in total. The molecule has 562 valence electrons. The maximum absolute atomic E-state index is 2.52. The Morgan fingerprint density at radius 2 is 0.233 bits per heavy atom. The normalized spacial score (nSPS) is 11.2. The summed E-state index contributed by atoms with van der Waals surface area (Å²) in [6.07, 6.45) is 0. The number of rotatable bonds is 20. The second-order valence-corrected chi connectivity index (χ2v) is 30.7. The predicted molar refractivity (Wildman–Crippen MR) is 509 cm³/mol. The molecule has 20 aromatic rings. The van der Waals surface area contributed by atoms with E-state index in [2.05, 4.69) is 497 Å². The Morgan fingerprint density at radius 3 is 0.392 bits per heavy atom. The summed E-state index contributed by atoms with van der Waals surface area (Å²) in [4.78, 5) is 0. The van der Waals surface area contributed by atoms with Crippen molar-refractivity contribution in [3.63, 3.8) is 0 Å². The van der Waals surface area contributed by atoms with Crippen LogP contribution in [0.25, 0.3) is 121 Å². The van der Waals surface area contributed by atoms with E-state index >= 15 is 0 Å². The first kappa shape index (κ1) is 73.3. The highest BCUT2D eigenvalue weighted by Crippen LogP contribution is 2.52. The van der Waals surface area contributed by atoms with E-state index in [-0.39, 0.29) is 0 Å². The summed E-state index contributed by atoms with van der Waals surface area (Å²) in [5.74, 6) is 0. The summed E-state index contributed by atoms with van der Waals surface area (Å²) in [5.41, 5.74) is 36.8. The van der Waals surface area contributed by atoms with E-state index < -0.39 is 0 Å². The third-order valence-electron chi connectivity index (χ3n) is 23.6. The molecule has 0 aromatic heterocycles. The summed E-state index contributed by atoms with van der Waals surface area (Å²) in [5, 5.41) is 7.15. The first-order valence-electron chi connectivity index (χ1n) is 41.4. The second-order valence-electron chi connectivity index (χ2n) is 30.7. The lowest BCUT2D eigenvalue weighted by Gasteiger charge is -2.23. The first-order valence-corrected chi connectivity index (χ1v) is 41.4. The van der Waals surface area contributed by atoms with E-state index in [1.165, 1.54) is 76.9 Å². The molecule has 0 bridgehead atoms. The quantitative estimate of drug-likeness (QED) is 0.0527. The zero-order valence-corrected chi connectivity index (χ0v) is 66.3. The Morgan fingerprint density at radius 1 is 0.100 bits per heavy atom. The first-order chi connectivity index (χ1) is 59.6. The highest BCUT2D eigenvalue weighted by atomic mass is 14.3. The second kappa shape index (κ2) is 33.3. The van der Waals surface area contributed by atoms with Crippen molar-refractivity contribution in [3.05, 3.63) is 586 Å². The summed E-state index contributed by atoms with van der Waals surface area (Å²) in [7, 11) is 0. The van der Waals surface area contributed by atoms with Crippen molar-refractivity contribution < 1.29 is 0 Å². The van der Waals surface area contributed by atoms with Crippen molar-refractivity contribution in [2.75, 3.05) is 0 Å². The molecule has 0 unspecified atom stereocenters. The van der Waals surface area contributed by atoms with Crippen LogP contribution in [0.3, 0.4) is 0 Å². The fourth-order valence-electron chi connectivity index (χ4n) is 18.1. The van der Waals surface area contributed by atoms with Crippen LogP contribution in [0.1, 0.15) is 89.0 Å². The Kier molecular flexibility index (Phi) is 20.4. The van der Waals surface area contributed by atoms with Crippen LogP contribution >= 0.6 is 0 Å². The molecular weight excluding hydrogens is 1440 g/mol. The molecule has 0 spiro atoms. The van der Waals surface area contributed by atoms with Crippen LogP contribution < -0.4 is 0 Å². The van der Waals surface area contributed by atoms with Gasteiger partial charge in [-0.05, 0) is 229 Å². The lowest BCUT2D eigenvalue weighted by atomic mass is 9.80. The lowest BCUT2D eigenvalue weighted by Crippen LogP contribution is -1.99. The molecule has 0 amide bonds. The van der Waals surface area contributed by atoms with Gasteiger partial charge in [-0.25, -0.2) is 0 Å². The molecular formula is C120H82. The predicted octanol–water partition coefficient (Wildman–Crippen LogP) is 31.3. The maximum Gasteiger partial charge on any atom is -0.00134 e. The molecule has 20 aromatic carbocycles. The fourth-order valence-corrected chi connectivity index (χ4v) is 18.1. The minimum Gasteiger partial charge on any atom is -0.0622 e. The van der Waals surface area contributed by atoms with Crippen LogP contribution in [0.2, 0.25) is 0 Å². The monoisotopic (exact) mass is 1520 g/mol. The Labute approximate surface area is 703 Å². The molecule has 0 aliphatic heterocycles. The number of hydrogen-bond donors (Lipinski definition) is 0. The van der Waals surface area contributed by atoms with E-state index in [0.717, 1.165) is 134 Å². The lowest BCUT2D eigenvalue weighted by molar-refractivity contribution is 1.50. The third kappa shape index (κ3) is 14.4. The summed E-state index contributed by atoms with van der Waals surface area (Å²) in [6.45, 7) is 0. The van der Waals surface area contributed by atoms with Crippen LogP contribution in [-0.2, 0) is 0 Å². The van der Waals surface area contributed by atoms with Crippen LogP contribution in [0.15, 0.2) is 497 Å². The summed E-state index contributed by atoms with van der Waals surface area (Å²) in [6, 6.07) is 183. The van der Waals surface area contributed by atoms with Gasteiger partial charge in [0.1, 0.15) is 0 Å². The summed E-state index contributed by atoms with van der Waals surface area (Å²) >= 11 is 0. The number of benzene rings is 20. The van der Waals surface area contributed by atoms with E-state index in [9.17, 15) is 0 Å². The van der Waals surface area contributed by atoms with Gasteiger partial charge in [-0.2, -0.15) is 0 Å². The Hall–Kier alpha value is -15.6. The fraction of sp³-hybridized carbons (Fsp3) is 0. The van der Waals surface area contributed by atoms with Crippen LogP contribution in [0.5, 0.6) is 0 Å². The van der Waals surface area contributed by atoms with Gasteiger partial charge in [-0.1, -0.05) is 479 Å². The van der Waals surface area contributed by atoms with E-state index in [1.54, 1.807) is 0 Å². The van der Waals surface area contributed by atoms with Crippen molar-refractivity contribution in [2.24, 2.45) is 0 Å². The van der Waals surface area contributed by atoms with Crippen molar-refractivity contribution >= 4 is 76.9 Å². The maximum atomic E-state index is 2.52. The molecule has 0 heterocycles. The molecule has 0 aliphatic rings. The Balaban J connectivity index is 0.858. The van der Waals surface area contributed by atoms with Crippen LogP contribution in [0, 0.1) is 0 Å². The average molecular weight is 1520 g/mol. The van der Waals surface area contributed by atoms with E-state index in [0.29, 0.717) is 0 Å². The topological polar surface area (TPSA) is 0 Å². The molecule has 0 saturated carbocycles. The van der Waals surface area contributed by atoms with Crippen LogP contribution in [-0.4, -0.2) is 0 Å². The SMILES string of the molecule is c1ccc(C(=C(c2ccccc2)c2ccc(-c3cc4c(-c5ccc(C(=C(c6ccccc6)c6ccccc6)c6ccccc6)cc5)cc(-c5ccc(C(=C(c6ccccc6)c6ccccc6)c6ccccc6)cc5)c5cc(-c6ccc(C(=C(c7ccccc7)c7ccccc7)c7ccccc7)cc6)c6cccc3c6c45)cc2)c2ccccc2)cc1. The molecule has 20 rings (SSSR count). The third-order valence-corrected chi connectivity index (χ3v) is 23.6. The molecule has 0 fully saturated rings. The Bertz CT molecular complexity index is 6520. The molecule has 120 heavy (non-hydrogen) atoms. The van der Waals surface area contributed by atoms with Crippen molar-refractivity contribution in [1.82, 2.24) is 0 Å². The summed E-state index contributed by atoms with van der Waals surface area (Å²) < 4.78 is 0. The van der Waals surface area contributed by atoms with E-state index in [1.807, 2.05) is 0 Å². The van der Waals surface area contributed by atoms with Gasteiger partial charge in [0.15, 0.2) is 0 Å². The van der Waals surface area contributed by atoms with Gasteiger partial charge in [0.05, 0.1) is 0 Å². The average Bonchev–Trinajstić information content (AvgIpc) is 0.701.